The van der Waals surface area contributed by atoms with Crippen LogP contribution in [0.15, 0.2) is 48.5 Å². The third-order valence-electron chi connectivity index (χ3n) is 2.82. The molecule has 0 heterocycles. The summed E-state index contributed by atoms with van der Waals surface area (Å²) in [6.07, 6.45) is 0.846. The maximum Gasteiger partial charge on any atom is 0.126 e. The van der Waals surface area contributed by atoms with Crippen molar-refractivity contribution in [1.29, 1.82) is 5.26 Å². The van der Waals surface area contributed by atoms with E-state index in [-0.39, 0.29) is 6.04 Å². The van der Waals surface area contributed by atoms with Crippen LogP contribution in [0, 0.1) is 17.1 Å². The second-order valence-corrected chi connectivity index (χ2v) is 4.58. The Balaban J connectivity index is 2.05. The number of hydrogen-bond donors (Lipinski definition) is 1. The van der Waals surface area contributed by atoms with Gasteiger partial charge < -0.3 is 5.32 Å². The topological polar surface area (TPSA) is 35.8 Å². The number of nitrogens with zero attached hydrogens (tertiary/aromatic N) is 1. The van der Waals surface area contributed by atoms with E-state index < -0.39 is 5.82 Å². The van der Waals surface area contributed by atoms with Crippen LogP contribution in [0.25, 0.3) is 0 Å². The minimum atomic E-state index is -0.395. The van der Waals surface area contributed by atoms with Crippen LogP contribution in [0.1, 0.15) is 18.1 Å². The number of nitrogens with one attached hydrogen (secondary N) is 1. The van der Waals surface area contributed by atoms with Gasteiger partial charge in [0.25, 0.3) is 0 Å². The number of anilines is 1. The van der Waals surface area contributed by atoms with Gasteiger partial charge in [-0.15, -0.1) is 0 Å². The van der Waals surface area contributed by atoms with Crippen molar-refractivity contribution in [3.63, 3.8) is 0 Å². The molecular weight excluding hydrogens is 239 g/mol. The molecule has 0 fully saturated rings. The van der Waals surface area contributed by atoms with Crippen LogP contribution in [0.2, 0.25) is 0 Å². The van der Waals surface area contributed by atoms with Crippen molar-refractivity contribution in [3.8, 4) is 6.07 Å². The average molecular weight is 254 g/mol. The minimum Gasteiger partial charge on any atom is -0.382 e. The van der Waals surface area contributed by atoms with Crippen LogP contribution >= 0.6 is 0 Å². The molecule has 0 aliphatic rings. The molecular formula is C16H15FN2. The highest BCUT2D eigenvalue weighted by Crippen LogP contribution is 2.15. The Morgan fingerprint density at radius 1 is 1.21 bits per heavy atom. The maximum absolute atomic E-state index is 13.3. The lowest BCUT2D eigenvalue weighted by Crippen LogP contribution is -2.18. The van der Waals surface area contributed by atoms with E-state index in [0.717, 1.165) is 6.42 Å². The third-order valence-corrected chi connectivity index (χ3v) is 2.82. The molecule has 2 rings (SSSR count). The number of rotatable bonds is 4. The van der Waals surface area contributed by atoms with Gasteiger partial charge in [-0.25, -0.2) is 4.39 Å². The molecule has 2 aromatic carbocycles. The molecule has 0 radical (unpaired) electrons. The van der Waals surface area contributed by atoms with E-state index in [2.05, 4.69) is 17.4 Å². The summed E-state index contributed by atoms with van der Waals surface area (Å²) in [4.78, 5) is 0. The SMILES string of the molecule is CC(Cc1ccccc1)Nc1cc(F)cc(C#N)c1. The molecule has 0 aromatic heterocycles. The van der Waals surface area contributed by atoms with Crippen LogP contribution in [0.3, 0.4) is 0 Å². The van der Waals surface area contributed by atoms with E-state index in [1.165, 1.54) is 17.7 Å². The van der Waals surface area contributed by atoms with Crippen LogP contribution in [0.5, 0.6) is 0 Å². The summed E-state index contributed by atoms with van der Waals surface area (Å²) in [6.45, 7) is 2.03. The first-order valence-corrected chi connectivity index (χ1v) is 6.18. The first kappa shape index (κ1) is 13.1. The third kappa shape index (κ3) is 3.82. The summed E-state index contributed by atoms with van der Waals surface area (Å²) in [5, 5.41) is 12.0. The van der Waals surface area contributed by atoms with Crippen LogP contribution in [0.4, 0.5) is 10.1 Å². The fraction of sp³-hybridized carbons (Fsp3) is 0.188. The molecule has 1 N–H and O–H groups in total. The summed E-state index contributed by atoms with van der Waals surface area (Å²) in [5.74, 6) is -0.395. The van der Waals surface area contributed by atoms with Crippen LogP contribution in [-0.2, 0) is 6.42 Å². The average Bonchev–Trinajstić information content (AvgIpc) is 2.38. The van der Waals surface area contributed by atoms with Gasteiger partial charge in [-0.1, -0.05) is 30.3 Å². The fourth-order valence-corrected chi connectivity index (χ4v) is 2.04. The Morgan fingerprint density at radius 2 is 1.95 bits per heavy atom. The van der Waals surface area contributed by atoms with Crippen molar-refractivity contribution in [2.24, 2.45) is 0 Å². The second-order valence-electron chi connectivity index (χ2n) is 4.58. The molecule has 2 aromatic rings. The van der Waals surface area contributed by atoms with Gasteiger partial charge in [0.1, 0.15) is 5.82 Å². The van der Waals surface area contributed by atoms with E-state index in [0.29, 0.717) is 11.3 Å². The number of nitriles is 1. The molecule has 0 spiro atoms. The molecule has 0 aliphatic carbocycles. The predicted octanol–water partition coefficient (Wildman–Crippen LogP) is 3.74. The lowest BCUT2D eigenvalue weighted by Gasteiger charge is -2.15. The Morgan fingerprint density at radius 3 is 2.63 bits per heavy atom. The van der Waals surface area contributed by atoms with Gasteiger partial charge in [0.05, 0.1) is 11.6 Å². The van der Waals surface area contributed by atoms with Gasteiger partial charge in [0.15, 0.2) is 0 Å². The quantitative estimate of drug-likeness (QED) is 0.902. The molecule has 1 unspecified atom stereocenters. The lowest BCUT2D eigenvalue weighted by molar-refractivity contribution is 0.627. The monoisotopic (exact) mass is 254 g/mol. The summed E-state index contributed by atoms with van der Waals surface area (Å²) in [5.41, 5.74) is 2.19. The van der Waals surface area contributed by atoms with Gasteiger partial charge in [-0.2, -0.15) is 5.26 Å². The van der Waals surface area contributed by atoms with Gasteiger partial charge in [0.2, 0.25) is 0 Å². The molecule has 0 bridgehead atoms. The highest BCUT2D eigenvalue weighted by atomic mass is 19.1. The van der Waals surface area contributed by atoms with Crippen molar-refractivity contribution in [2.45, 2.75) is 19.4 Å². The largest absolute Gasteiger partial charge is 0.382 e. The van der Waals surface area contributed by atoms with Crippen molar-refractivity contribution < 1.29 is 4.39 Å². The highest BCUT2D eigenvalue weighted by Gasteiger charge is 2.05. The Bertz CT molecular complexity index is 587. The second kappa shape index (κ2) is 6.01. The van der Waals surface area contributed by atoms with E-state index in [4.69, 9.17) is 5.26 Å². The molecule has 96 valence electrons. The zero-order valence-corrected chi connectivity index (χ0v) is 10.7. The van der Waals surface area contributed by atoms with Crippen LogP contribution < -0.4 is 5.32 Å². The van der Waals surface area contributed by atoms with E-state index >= 15 is 0 Å². The first-order chi connectivity index (χ1) is 9.17. The predicted molar refractivity (Wildman–Crippen MR) is 74.3 cm³/mol. The number of benzene rings is 2. The normalized spacial score (nSPS) is 11.6. The summed E-state index contributed by atoms with van der Waals surface area (Å²) >= 11 is 0. The van der Waals surface area contributed by atoms with Crippen molar-refractivity contribution in [1.82, 2.24) is 0 Å². The smallest absolute Gasteiger partial charge is 0.126 e. The van der Waals surface area contributed by atoms with Crippen molar-refractivity contribution in [2.75, 3.05) is 5.32 Å². The van der Waals surface area contributed by atoms with Gasteiger partial charge in [-0.3, -0.25) is 0 Å². The Kier molecular flexibility index (Phi) is 4.15. The Hall–Kier alpha value is -2.34. The van der Waals surface area contributed by atoms with Gasteiger partial charge >= 0.3 is 0 Å². The van der Waals surface area contributed by atoms with Gasteiger partial charge in [-0.05, 0) is 37.1 Å². The summed E-state index contributed by atoms with van der Waals surface area (Å²) in [7, 11) is 0. The molecule has 0 amide bonds. The van der Waals surface area contributed by atoms with Gasteiger partial charge in [0, 0.05) is 11.7 Å². The van der Waals surface area contributed by atoms with Crippen molar-refractivity contribution >= 4 is 5.69 Å². The minimum absolute atomic E-state index is 0.163. The summed E-state index contributed by atoms with van der Waals surface area (Å²) in [6, 6.07) is 16.5. The zero-order chi connectivity index (χ0) is 13.7. The molecule has 19 heavy (non-hydrogen) atoms. The summed E-state index contributed by atoms with van der Waals surface area (Å²) < 4.78 is 13.3. The van der Waals surface area contributed by atoms with Crippen molar-refractivity contribution in [3.05, 3.63) is 65.5 Å². The maximum atomic E-state index is 13.3. The van der Waals surface area contributed by atoms with Crippen LogP contribution in [-0.4, -0.2) is 6.04 Å². The van der Waals surface area contributed by atoms with E-state index in [9.17, 15) is 4.39 Å². The molecule has 3 heteroatoms. The fourth-order valence-electron chi connectivity index (χ4n) is 2.04. The molecule has 0 saturated carbocycles. The highest BCUT2D eigenvalue weighted by molar-refractivity contribution is 5.50. The number of hydrogen-bond acceptors (Lipinski definition) is 2. The molecule has 1 atom stereocenters. The zero-order valence-electron chi connectivity index (χ0n) is 10.7. The Labute approximate surface area is 112 Å². The first-order valence-electron chi connectivity index (χ1n) is 6.18. The standard InChI is InChI=1S/C16H15FN2/c1-12(7-13-5-3-2-4-6-13)19-16-9-14(11-18)8-15(17)10-16/h2-6,8-10,12,19H,7H2,1H3. The molecule has 0 aliphatic heterocycles. The lowest BCUT2D eigenvalue weighted by atomic mass is 10.1. The van der Waals surface area contributed by atoms with E-state index in [1.807, 2.05) is 31.2 Å². The molecule has 2 nitrogen and oxygen atoms in total. The van der Waals surface area contributed by atoms with E-state index in [1.54, 1.807) is 6.07 Å². The molecule has 0 saturated heterocycles. The number of halogens is 1.